The summed E-state index contributed by atoms with van der Waals surface area (Å²) >= 11 is 0. The standard InChI is InChI=1S/C23H28N2O4/c1-17(19-12-6-3-7-13-19)24-21(26)15-16-22(27)25-20(23(28)29)14-8-11-18-9-4-2-5-10-18/h2-7,9-10,12-13,17,20H,8,11,14-16H2,1H3,(H,24,26)(H,25,27)(H,28,29)/t17-,20-/m1/s1. The minimum absolute atomic E-state index is 0.0133. The van der Waals surface area contributed by atoms with Gasteiger partial charge in [-0.25, -0.2) is 4.79 Å². The molecular weight excluding hydrogens is 368 g/mol. The van der Waals surface area contributed by atoms with E-state index in [4.69, 9.17) is 0 Å². The van der Waals surface area contributed by atoms with E-state index in [1.165, 1.54) is 0 Å². The van der Waals surface area contributed by atoms with Crippen LogP contribution in [0, 0.1) is 0 Å². The molecule has 0 aliphatic heterocycles. The summed E-state index contributed by atoms with van der Waals surface area (Å²) in [6.07, 6.45) is 1.71. The van der Waals surface area contributed by atoms with E-state index in [-0.39, 0.29) is 24.8 Å². The van der Waals surface area contributed by atoms with Gasteiger partial charge in [-0.15, -0.1) is 0 Å². The molecule has 6 nitrogen and oxygen atoms in total. The van der Waals surface area contributed by atoms with Crippen molar-refractivity contribution in [3.8, 4) is 0 Å². The summed E-state index contributed by atoms with van der Waals surface area (Å²) in [5.74, 6) is -1.74. The van der Waals surface area contributed by atoms with Crippen molar-refractivity contribution in [3.05, 3.63) is 71.8 Å². The number of hydrogen-bond acceptors (Lipinski definition) is 3. The van der Waals surface area contributed by atoms with Crippen LogP contribution >= 0.6 is 0 Å². The number of amides is 2. The summed E-state index contributed by atoms with van der Waals surface area (Å²) in [4.78, 5) is 35.6. The molecule has 0 saturated carbocycles. The van der Waals surface area contributed by atoms with Crippen LogP contribution in [0.1, 0.15) is 49.8 Å². The Kier molecular flexibility index (Phi) is 8.89. The molecule has 0 spiro atoms. The van der Waals surface area contributed by atoms with E-state index in [1.54, 1.807) is 0 Å². The van der Waals surface area contributed by atoms with E-state index in [9.17, 15) is 19.5 Å². The van der Waals surface area contributed by atoms with Gasteiger partial charge in [-0.3, -0.25) is 9.59 Å². The molecule has 2 atom stereocenters. The molecule has 6 heteroatoms. The van der Waals surface area contributed by atoms with Crippen molar-refractivity contribution in [2.45, 2.75) is 51.1 Å². The maximum Gasteiger partial charge on any atom is 0.326 e. The van der Waals surface area contributed by atoms with Crippen LogP contribution in [0.4, 0.5) is 0 Å². The highest BCUT2D eigenvalue weighted by Gasteiger charge is 2.20. The zero-order valence-corrected chi connectivity index (χ0v) is 16.6. The molecule has 0 fully saturated rings. The lowest BCUT2D eigenvalue weighted by atomic mass is 10.0. The third kappa shape index (κ3) is 8.17. The maximum absolute atomic E-state index is 12.1. The van der Waals surface area contributed by atoms with Gasteiger partial charge in [0.2, 0.25) is 11.8 Å². The van der Waals surface area contributed by atoms with E-state index in [0.29, 0.717) is 12.8 Å². The highest BCUT2D eigenvalue weighted by Crippen LogP contribution is 2.11. The number of carboxylic acid groups (broad SMARTS) is 1. The number of hydrogen-bond donors (Lipinski definition) is 3. The van der Waals surface area contributed by atoms with Gasteiger partial charge in [0.25, 0.3) is 0 Å². The number of benzene rings is 2. The average molecular weight is 396 g/mol. The Morgan fingerprint density at radius 1 is 0.862 bits per heavy atom. The monoisotopic (exact) mass is 396 g/mol. The van der Waals surface area contributed by atoms with Crippen LogP contribution in [0.25, 0.3) is 0 Å². The Labute approximate surface area is 171 Å². The minimum Gasteiger partial charge on any atom is -0.480 e. The van der Waals surface area contributed by atoms with Crippen LogP contribution in [0.15, 0.2) is 60.7 Å². The summed E-state index contributed by atoms with van der Waals surface area (Å²) < 4.78 is 0. The second-order valence-corrected chi connectivity index (χ2v) is 7.04. The predicted octanol–water partition coefficient (Wildman–Crippen LogP) is 3.24. The van der Waals surface area contributed by atoms with Gasteiger partial charge in [0, 0.05) is 12.8 Å². The van der Waals surface area contributed by atoms with Crippen LogP contribution in [-0.2, 0) is 20.8 Å². The van der Waals surface area contributed by atoms with E-state index < -0.39 is 17.9 Å². The molecule has 2 rings (SSSR count). The normalized spacial score (nSPS) is 12.6. The summed E-state index contributed by atoms with van der Waals surface area (Å²) in [7, 11) is 0. The number of rotatable bonds is 11. The Balaban J connectivity index is 1.72. The first kappa shape index (κ1) is 22.1. The quantitative estimate of drug-likeness (QED) is 0.543. The second kappa shape index (κ2) is 11.6. The molecule has 29 heavy (non-hydrogen) atoms. The summed E-state index contributed by atoms with van der Waals surface area (Å²) in [5, 5.41) is 14.7. The Morgan fingerprint density at radius 3 is 2.00 bits per heavy atom. The smallest absolute Gasteiger partial charge is 0.326 e. The number of carbonyl (C=O) groups is 3. The highest BCUT2D eigenvalue weighted by atomic mass is 16.4. The predicted molar refractivity (Wildman–Crippen MR) is 111 cm³/mol. The molecule has 0 saturated heterocycles. The molecule has 2 amide bonds. The van der Waals surface area contributed by atoms with Crippen molar-refractivity contribution in [1.29, 1.82) is 0 Å². The fourth-order valence-corrected chi connectivity index (χ4v) is 3.04. The van der Waals surface area contributed by atoms with E-state index in [1.807, 2.05) is 67.6 Å². The first-order chi connectivity index (χ1) is 14.0. The van der Waals surface area contributed by atoms with E-state index >= 15 is 0 Å². The number of carbonyl (C=O) groups excluding carboxylic acids is 2. The van der Waals surface area contributed by atoms with E-state index in [2.05, 4.69) is 10.6 Å². The summed E-state index contributed by atoms with van der Waals surface area (Å²) in [6.45, 7) is 1.88. The van der Waals surface area contributed by atoms with Gasteiger partial charge in [0.05, 0.1) is 6.04 Å². The van der Waals surface area contributed by atoms with Crippen molar-refractivity contribution >= 4 is 17.8 Å². The molecule has 0 heterocycles. The van der Waals surface area contributed by atoms with Crippen LogP contribution in [-0.4, -0.2) is 28.9 Å². The lowest BCUT2D eigenvalue weighted by Gasteiger charge is -2.16. The molecule has 3 N–H and O–H groups in total. The van der Waals surface area contributed by atoms with Crippen molar-refractivity contribution < 1.29 is 19.5 Å². The first-order valence-corrected chi connectivity index (χ1v) is 9.86. The Hall–Kier alpha value is -3.15. The van der Waals surface area contributed by atoms with Gasteiger partial charge >= 0.3 is 5.97 Å². The summed E-state index contributed by atoms with van der Waals surface area (Å²) in [6, 6.07) is 18.2. The maximum atomic E-state index is 12.1. The molecular formula is C23H28N2O4. The molecule has 0 aromatic heterocycles. The zero-order valence-electron chi connectivity index (χ0n) is 16.6. The zero-order chi connectivity index (χ0) is 21.1. The third-order valence-corrected chi connectivity index (χ3v) is 4.69. The molecule has 0 unspecified atom stereocenters. The largest absolute Gasteiger partial charge is 0.480 e. The Bertz CT molecular complexity index is 793. The fourth-order valence-electron chi connectivity index (χ4n) is 3.04. The van der Waals surface area contributed by atoms with Gasteiger partial charge in [0.1, 0.15) is 6.04 Å². The molecule has 0 aliphatic carbocycles. The average Bonchev–Trinajstić information content (AvgIpc) is 2.73. The topological polar surface area (TPSA) is 95.5 Å². The molecule has 154 valence electrons. The molecule has 0 bridgehead atoms. The van der Waals surface area contributed by atoms with Crippen molar-refractivity contribution in [1.82, 2.24) is 10.6 Å². The van der Waals surface area contributed by atoms with Gasteiger partial charge in [-0.1, -0.05) is 60.7 Å². The van der Waals surface area contributed by atoms with Crippen molar-refractivity contribution in [2.24, 2.45) is 0 Å². The molecule has 2 aromatic rings. The van der Waals surface area contributed by atoms with Gasteiger partial charge < -0.3 is 15.7 Å². The van der Waals surface area contributed by atoms with Crippen LogP contribution in [0.3, 0.4) is 0 Å². The van der Waals surface area contributed by atoms with Crippen LogP contribution in [0.2, 0.25) is 0 Å². The van der Waals surface area contributed by atoms with Gasteiger partial charge in [0.15, 0.2) is 0 Å². The van der Waals surface area contributed by atoms with Crippen molar-refractivity contribution in [2.75, 3.05) is 0 Å². The number of aryl methyl sites for hydroxylation is 1. The lowest BCUT2D eigenvalue weighted by molar-refractivity contribution is -0.142. The first-order valence-electron chi connectivity index (χ1n) is 9.86. The number of carboxylic acids is 1. The fraction of sp³-hybridized carbons (Fsp3) is 0.348. The third-order valence-electron chi connectivity index (χ3n) is 4.69. The van der Waals surface area contributed by atoms with Crippen LogP contribution < -0.4 is 10.6 Å². The molecule has 0 radical (unpaired) electrons. The SMILES string of the molecule is C[C@@H](NC(=O)CCC(=O)N[C@H](CCCc1ccccc1)C(=O)O)c1ccccc1. The van der Waals surface area contributed by atoms with Gasteiger partial charge in [-0.05, 0) is 37.3 Å². The Morgan fingerprint density at radius 2 is 1.41 bits per heavy atom. The highest BCUT2D eigenvalue weighted by molar-refractivity contribution is 5.87. The number of nitrogens with one attached hydrogen (secondary N) is 2. The molecule has 0 aliphatic rings. The summed E-state index contributed by atoms with van der Waals surface area (Å²) in [5.41, 5.74) is 2.11. The minimum atomic E-state index is -1.06. The second-order valence-electron chi connectivity index (χ2n) is 7.04. The van der Waals surface area contributed by atoms with Crippen LogP contribution in [0.5, 0.6) is 0 Å². The van der Waals surface area contributed by atoms with Crippen molar-refractivity contribution in [3.63, 3.8) is 0 Å². The molecule has 2 aromatic carbocycles. The number of aliphatic carboxylic acids is 1. The lowest BCUT2D eigenvalue weighted by Crippen LogP contribution is -2.41. The van der Waals surface area contributed by atoms with E-state index in [0.717, 1.165) is 17.5 Å². The van der Waals surface area contributed by atoms with Gasteiger partial charge in [-0.2, -0.15) is 0 Å².